The molecule has 0 aliphatic heterocycles. The van der Waals surface area contributed by atoms with Crippen LogP contribution in [-0.4, -0.2) is 25.2 Å². The van der Waals surface area contributed by atoms with E-state index >= 15 is 0 Å². The Morgan fingerprint density at radius 2 is 1.00 bits per heavy atom. The number of hydrogen-bond acceptors (Lipinski definition) is 4. The highest BCUT2D eigenvalue weighted by Crippen LogP contribution is 2.07. The first-order valence-electron chi connectivity index (χ1n) is 6.79. The molecule has 0 aromatic rings. The first-order chi connectivity index (χ1) is 9.20. The molecule has 0 aliphatic carbocycles. The Hall–Kier alpha value is -1.58. The number of esters is 2. The quantitative estimate of drug-likeness (QED) is 0.310. The van der Waals surface area contributed by atoms with Crippen molar-refractivity contribution in [1.82, 2.24) is 0 Å². The fraction of sp³-hybridized carbons (Fsp3) is 0.600. The van der Waals surface area contributed by atoms with Crippen molar-refractivity contribution in [2.45, 2.75) is 44.9 Å². The normalized spacial score (nSPS) is 9.68. The lowest BCUT2D eigenvalue weighted by Crippen LogP contribution is -2.02. The minimum absolute atomic E-state index is 0.353. The van der Waals surface area contributed by atoms with Gasteiger partial charge in [-0.2, -0.15) is 0 Å². The number of carbonyl (C=O) groups is 2. The van der Waals surface area contributed by atoms with Gasteiger partial charge < -0.3 is 9.47 Å². The molecule has 108 valence electrons. The molecule has 19 heavy (non-hydrogen) atoms. The van der Waals surface area contributed by atoms with E-state index in [0.29, 0.717) is 13.2 Å². The Morgan fingerprint density at radius 1 is 0.684 bits per heavy atom. The number of ether oxygens (including phenoxy) is 2. The Labute approximate surface area is 115 Å². The molecule has 0 aliphatic rings. The second kappa shape index (κ2) is 12.9. The average molecular weight is 268 g/mol. The first kappa shape index (κ1) is 17.4. The van der Waals surface area contributed by atoms with Gasteiger partial charge in [0.1, 0.15) is 0 Å². The van der Waals surface area contributed by atoms with Crippen LogP contribution in [0.5, 0.6) is 0 Å². The van der Waals surface area contributed by atoms with Gasteiger partial charge in [-0.3, -0.25) is 0 Å². The zero-order valence-electron chi connectivity index (χ0n) is 11.6. The van der Waals surface area contributed by atoms with E-state index in [4.69, 9.17) is 9.47 Å². The minimum Gasteiger partial charge on any atom is -0.463 e. The number of rotatable bonds is 12. The van der Waals surface area contributed by atoms with Gasteiger partial charge in [-0.1, -0.05) is 45.3 Å². The highest BCUT2D eigenvalue weighted by Gasteiger charge is 1.97. The fourth-order valence-corrected chi connectivity index (χ4v) is 1.55. The minimum atomic E-state index is -0.353. The maximum atomic E-state index is 10.7. The van der Waals surface area contributed by atoms with Crippen LogP contribution < -0.4 is 0 Å². The third-order valence-corrected chi connectivity index (χ3v) is 2.61. The van der Waals surface area contributed by atoms with Gasteiger partial charge in [0.05, 0.1) is 13.2 Å². The zero-order chi connectivity index (χ0) is 14.3. The molecule has 0 fully saturated rings. The van der Waals surface area contributed by atoms with Crippen molar-refractivity contribution in [2.75, 3.05) is 13.2 Å². The van der Waals surface area contributed by atoms with Gasteiger partial charge in [0, 0.05) is 12.2 Å². The van der Waals surface area contributed by atoms with Crippen LogP contribution in [0.4, 0.5) is 0 Å². The lowest BCUT2D eigenvalue weighted by molar-refractivity contribution is -0.138. The van der Waals surface area contributed by atoms with Gasteiger partial charge in [0.2, 0.25) is 0 Å². The summed E-state index contributed by atoms with van der Waals surface area (Å²) < 4.78 is 9.74. The van der Waals surface area contributed by atoms with Crippen LogP contribution in [0.25, 0.3) is 0 Å². The van der Waals surface area contributed by atoms with Crippen molar-refractivity contribution < 1.29 is 19.1 Å². The summed E-state index contributed by atoms with van der Waals surface area (Å²) >= 11 is 0. The molecule has 0 amide bonds. The molecule has 0 atom stereocenters. The largest absolute Gasteiger partial charge is 0.463 e. The van der Waals surface area contributed by atoms with Crippen LogP contribution in [0.15, 0.2) is 25.3 Å². The van der Waals surface area contributed by atoms with Gasteiger partial charge in [-0.15, -0.1) is 0 Å². The molecule has 0 rings (SSSR count). The highest BCUT2D eigenvalue weighted by atomic mass is 16.5. The van der Waals surface area contributed by atoms with Crippen LogP contribution >= 0.6 is 0 Å². The SMILES string of the molecule is C=CC(=O)OCCCCCCCCCOC(=O)C=C. The summed E-state index contributed by atoms with van der Waals surface area (Å²) in [6.07, 6.45) is 9.72. The van der Waals surface area contributed by atoms with Crippen LogP contribution in [0, 0.1) is 0 Å². The van der Waals surface area contributed by atoms with Crippen LogP contribution in [0.2, 0.25) is 0 Å². The van der Waals surface area contributed by atoms with Crippen molar-refractivity contribution >= 4 is 11.9 Å². The Kier molecular flexibility index (Phi) is 11.8. The molecule has 0 bridgehead atoms. The number of hydrogen-bond donors (Lipinski definition) is 0. The monoisotopic (exact) mass is 268 g/mol. The summed E-state index contributed by atoms with van der Waals surface area (Å²) in [5.74, 6) is -0.705. The molecule has 0 unspecified atom stereocenters. The van der Waals surface area contributed by atoms with E-state index < -0.39 is 0 Å². The van der Waals surface area contributed by atoms with E-state index in [-0.39, 0.29) is 11.9 Å². The molecule has 0 radical (unpaired) electrons. The Morgan fingerprint density at radius 3 is 1.32 bits per heavy atom. The summed E-state index contributed by atoms with van der Waals surface area (Å²) in [6, 6.07) is 0. The van der Waals surface area contributed by atoms with Crippen LogP contribution in [0.1, 0.15) is 44.9 Å². The summed E-state index contributed by atoms with van der Waals surface area (Å²) in [5.41, 5.74) is 0. The van der Waals surface area contributed by atoms with Gasteiger partial charge in [-0.25, -0.2) is 9.59 Å². The summed E-state index contributed by atoms with van der Waals surface area (Å²) in [6.45, 7) is 7.61. The van der Waals surface area contributed by atoms with Gasteiger partial charge >= 0.3 is 11.9 Å². The molecule has 4 heteroatoms. The zero-order valence-corrected chi connectivity index (χ0v) is 11.6. The van der Waals surface area contributed by atoms with Gasteiger partial charge in [0.25, 0.3) is 0 Å². The summed E-state index contributed by atoms with van der Waals surface area (Å²) in [5, 5.41) is 0. The van der Waals surface area contributed by atoms with Gasteiger partial charge in [-0.05, 0) is 12.8 Å². The van der Waals surface area contributed by atoms with Crippen molar-refractivity contribution in [3.63, 3.8) is 0 Å². The van der Waals surface area contributed by atoms with E-state index in [1.165, 1.54) is 12.2 Å². The summed E-state index contributed by atoms with van der Waals surface area (Å²) in [7, 11) is 0. The maximum absolute atomic E-state index is 10.7. The van der Waals surface area contributed by atoms with E-state index in [1.807, 2.05) is 0 Å². The van der Waals surface area contributed by atoms with Crippen LogP contribution in [0.3, 0.4) is 0 Å². The molecule has 0 heterocycles. The van der Waals surface area contributed by atoms with Gasteiger partial charge in [0.15, 0.2) is 0 Å². The lowest BCUT2D eigenvalue weighted by Gasteiger charge is -2.03. The van der Waals surface area contributed by atoms with E-state index in [0.717, 1.165) is 44.9 Å². The van der Waals surface area contributed by atoms with Crippen molar-refractivity contribution in [3.05, 3.63) is 25.3 Å². The van der Waals surface area contributed by atoms with E-state index in [9.17, 15) is 9.59 Å². The topological polar surface area (TPSA) is 52.6 Å². The number of unbranched alkanes of at least 4 members (excludes halogenated alkanes) is 6. The standard InChI is InChI=1S/C15H24O4/c1-3-14(16)18-12-10-8-6-5-7-9-11-13-19-15(17)4-2/h3-4H,1-2,5-13H2. The predicted molar refractivity (Wildman–Crippen MR) is 74.6 cm³/mol. The van der Waals surface area contributed by atoms with Crippen molar-refractivity contribution in [2.24, 2.45) is 0 Å². The molecule has 0 aromatic heterocycles. The average Bonchev–Trinajstić information content (AvgIpc) is 2.43. The maximum Gasteiger partial charge on any atom is 0.330 e. The molecule has 0 saturated heterocycles. The second-order valence-electron chi connectivity index (χ2n) is 4.22. The third-order valence-electron chi connectivity index (χ3n) is 2.61. The predicted octanol–water partition coefficient (Wildman–Crippen LogP) is 3.18. The smallest absolute Gasteiger partial charge is 0.330 e. The highest BCUT2D eigenvalue weighted by molar-refractivity contribution is 5.81. The Balaban J connectivity index is 3.10. The first-order valence-corrected chi connectivity index (χ1v) is 6.79. The molecule has 4 nitrogen and oxygen atoms in total. The lowest BCUT2D eigenvalue weighted by atomic mass is 10.1. The van der Waals surface area contributed by atoms with E-state index in [1.54, 1.807) is 0 Å². The third kappa shape index (κ3) is 12.7. The summed E-state index contributed by atoms with van der Waals surface area (Å²) in [4.78, 5) is 21.5. The molecule has 0 aromatic carbocycles. The number of carbonyl (C=O) groups excluding carboxylic acids is 2. The van der Waals surface area contributed by atoms with Crippen molar-refractivity contribution in [3.8, 4) is 0 Å². The molecular weight excluding hydrogens is 244 g/mol. The molecular formula is C15H24O4. The molecule has 0 spiro atoms. The van der Waals surface area contributed by atoms with E-state index in [2.05, 4.69) is 13.2 Å². The molecule has 0 saturated carbocycles. The van der Waals surface area contributed by atoms with Crippen molar-refractivity contribution in [1.29, 1.82) is 0 Å². The van der Waals surface area contributed by atoms with Crippen LogP contribution in [-0.2, 0) is 19.1 Å². The second-order valence-corrected chi connectivity index (χ2v) is 4.22. The fourth-order valence-electron chi connectivity index (χ4n) is 1.55. The Bertz CT molecular complexity index is 256. The molecule has 0 N–H and O–H groups in total.